The van der Waals surface area contributed by atoms with Crippen LogP contribution in [-0.2, 0) is 9.53 Å². The number of nitro groups is 1. The minimum Gasteiger partial charge on any atom is -0.462 e. The molecule has 0 N–H and O–H groups in total. The number of fused-ring (bicyclic) bond motifs is 5. The molecule has 2 unspecified atom stereocenters. The van der Waals surface area contributed by atoms with Gasteiger partial charge >= 0.3 is 5.97 Å². The Morgan fingerprint density at radius 2 is 1.76 bits per heavy atom. The number of benzene rings is 1. The smallest absolute Gasteiger partial charge is 0.338 e. The van der Waals surface area contributed by atoms with Gasteiger partial charge in [-0.3, -0.25) is 14.9 Å². The summed E-state index contributed by atoms with van der Waals surface area (Å²) in [6, 6.07) is 6.00. The number of hydrogen-bond acceptors (Lipinski definition) is 5. The molecule has 1 saturated heterocycles. The fraction of sp³-hybridized carbons (Fsp3) is 0.704. The van der Waals surface area contributed by atoms with E-state index in [-0.39, 0.29) is 16.5 Å². The molecule has 1 aromatic carbocycles. The van der Waals surface area contributed by atoms with Gasteiger partial charge in [-0.15, -0.1) is 0 Å². The molecule has 34 heavy (non-hydrogen) atoms. The van der Waals surface area contributed by atoms with Gasteiger partial charge in [-0.05, 0) is 91.6 Å². The molecule has 3 saturated carbocycles. The van der Waals surface area contributed by atoms with Gasteiger partial charge in [0.15, 0.2) is 0 Å². The van der Waals surface area contributed by atoms with Gasteiger partial charge in [0.25, 0.3) is 5.69 Å². The lowest BCUT2D eigenvalue weighted by atomic mass is 9.47. The third kappa shape index (κ3) is 3.54. The number of non-ortho nitro benzene ring substituents is 1. The Balaban J connectivity index is 1.26. The number of piperidine rings is 1. The van der Waals surface area contributed by atoms with Crippen LogP contribution in [0.4, 0.5) is 5.69 Å². The van der Waals surface area contributed by atoms with Gasteiger partial charge in [-0.25, -0.2) is 4.79 Å². The number of rotatable bonds is 4. The molecule has 5 rings (SSSR count). The summed E-state index contributed by atoms with van der Waals surface area (Å²) in [5.74, 6) is 2.26. The number of esters is 1. The predicted octanol–water partition coefficient (Wildman–Crippen LogP) is 5.23. The SMILES string of the molecule is CN1C(=O)CC[C@@]2(C)C1CC[C@@H]1[C@H]2CC[C@]2(C)C(COC(=O)c3ccc([N+](=O)[O-])cc3)CC[C@@H]12. The molecular formula is C27H36N2O5. The number of nitro benzene ring substituents is 1. The lowest BCUT2D eigenvalue weighted by Crippen LogP contribution is -2.61. The summed E-state index contributed by atoms with van der Waals surface area (Å²) < 4.78 is 5.74. The minimum atomic E-state index is -0.470. The molecule has 1 aliphatic heterocycles. The van der Waals surface area contributed by atoms with Crippen LogP contribution in [0, 0.1) is 44.6 Å². The van der Waals surface area contributed by atoms with Crippen molar-refractivity contribution in [3.8, 4) is 0 Å². The van der Waals surface area contributed by atoms with Crippen molar-refractivity contribution in [1.29, 1.82) is 0 Å². The molecule has 0 radical (unpaired) electrons. The Bertz CT molecular complexity index is 993. The number of amides is 1. The summed E-state index contributed by atoms with van der Waals surface area (Å²) in [5, 5.41) is 10.9. The zero-order valence-electron chi connectivity index (χ0n) is 20.5. The van der Waals surface area contributed by atoms with Crippen molar-refractivity contribution in [2.45, 2.75) is 71.3 Å². The molecule has 1 aromatic rings. The maximum atomic E-state index is 12.6. The molecule has 0 spiro atoms. The van der Waals surface area contributed by atoms with Gasteiger partial charge in [0.1, 0.15) is 0 Å². The van der Waals surface area contributed by atoms with E-state index in [4.69, 9.17) is 4.74 Å². The third-order valence-corrected chi connectivity index (χ3v) is 10.5. The van der Waals surface area contributed by atoms with Gasteiger partial charge in [0.05, 0.1) is 17.1 Å². The van der Waals surface area contributed by atoms with E-state index in [2.05, 4.69) is 13.8 Å². The zero-order valence-corrected chi connectivity index (χ0v) is 20.5. The number of hydrogen-bond donors (Lipinski definition) is 0. The van der Waals surface area contributed by atoms with Crippen molar-refractivity contribution in [3.05, 3.63) is 39.9 Å². The van der Waals surface area contributed by atoms with Crippen LogP contribution in [-0.4, -0.2) is 41.4 Å². The molecule has 184 valence electrons. The van der Waals surface area contributed by atoms with E-state index >= 15 is 0 Å². The third-order valence-electron chi connectivity index (χ3n) is 10.5. The Hall–Kier alpha value is -2.44. The van der Waals surface area contributed by atoms with Crippen LogP contribution in [0.2, 0.25) is 0 Å². The van der Waals surface area contributed by atoms with Crippen molar-refractivity contribution in [2.75, 3.05) is 13.7 Å². The van der Waals surface area contributed by atoms with Crippen LogP contribution >= 0.6 is 0 Å². The fourth-order valence-corrected chi connectivity index (χ4v) is 8.51. The summed E-state index contributed by atoms with van der Waals surface area (Å²) in [6.45, 7) is 5.27. The average Bonchev–Trinajstić information content (AvgIpc) is 3.16. The maximum absolute atomic E-state index is 12.6. The minimum absolute atomic E-state index is 0.0311. The summed E-state index contributed by atoms with van der Waals surface area (Å²) in [5.41, 5.74) is 0.719. The van der Waals surface area contributed by atoms with Crippen molar-refractivity contribution < 1.29 is 19.2 Å². The summed E-state index contributed by atoms with van der Waals surface area (Å²) in [7, 11) is 2.00. The molecular weight excluding hydrogens is 432 g/mol. The summed E-state index contributed by atoms with van der Waals surface area (Å²) in [6.07, 6.45) is 8.60. The molecule has 0 aromatic heterocycles. The van der Waals surface area contributed by atoms with Gasteiger partial charge in [-0.2, -0.15) is 0 Å². The highest BCUT2D eigenvalue weighted by molar-refractivity contribution is 5.89. The average molecular weight is 469 g/mol. The van der Waals surface area contributed by atoms with Crippen molar-refractivity contribution in [3.63, 3.8) is 0 Å². The lowest BCUT2D eigenvalue weighted by molar-refractivity contribution is -0.384. The molecule has 7 heteroatoms. The first-order valence-corrected chi connectivity index (χ1v) is 12.8. The Morgan fingerprint density at radius 3 is 2.47 bits per heavy atom. The van der Waals surface area contributed by atoms with Crippen LogP contribution < -0.4 is 0 Å². The molecule has 7 nitrogen and oxygen atoms in total. The molecule has 7 atom stereocenters. The number of carbonyl (C=O) groups excluding carboxylic acids is 2. The quantitative estimate of drug-likeness (QED) is 0.343. The van der Waals surface area contributed by atoms with Crippen LogP contribution in [0.25, 0.3) is 0 Å². The van der Waals surface area contributed by atoms with E-state index in [9.17, 15) is 19.7 Å². The van der Waals surface area contributed by atoms with E-state index in [1.54, 1.807) is 0 Å². The van der Waals surface area contributed by atoms with E-state index in [0.29, 0.717) is 54.2 Å². The Morgan fingerprint density at radius 1 is 1.06 bits per heavy atom. The Labute approximate surface area is 201 Å². The highest BCUT2D eigenvalue weighted by atomic mass is 16.6. The van der Waals surface area contributed by atoms with Crippen molar-refractivity contribution in [1.82, 2.24) is 4.90 Å². The second kappa shape index (κ2) is 8.35. The van der Waals surface area contributed by atoms with Crippen LogP contribution in [0.1, 0.15) is 75.6 Å². The van der Waals surface area contributed by atoms with Gasteiger partial charge < -0.3 is 9.64 Å². The van der Waals surface area contributed by atoms with Crippen molar-refractivity contribution in [2.24, 2.45) is 34.5 Å². The molecule has 1 heterocycles. The van der Waals surface area contributed by atoms with E-state index in [1.165, 1.54) is 43.5 Å². The first kappa shape index (κ1) is 23.3. The predicted molar refractivity (Wildman–Crippen MR) is 127 cm³/mol. The number of carbonyl (C=O) groups is 2. The standard InChI is InChI=1S/C27H36N2O5/c1-26-14-12-22-20(9-11-23-27(22,2)15-13-24(30)28(23)3)21(26)10-6-18(26)16-34-25(31)17-4-7-19(8-5-17)29(32)33/h4-5,7-8,18,20-23H,6,9-16H2,1-3H3/t18?,20-,21-,22+,23?,26+,27+/m0/s1. The van der Waals surface area contributed by atoms with E-state index in [0.717, 1.165) is 25.7 Å². The van der Waals surface area contributed by atoms with Gasteiger partial charge in [-0.1, -0.05) is 13.8 Å². The molecule has 0 bridgehead atoms. The fourth-order valence-electron chi connectivity index (χ4n) is 8.51. The first-order valence-electron chi connectivity index (χ1n) is 12.8. The van der Waals surface area contributed by atoms with E-state index in [1.807, 2.05) is 11.9 Å². The maximum Gasteiger partial charge on any atom is 0.338 e. The van der Waals surface area contributed by atoms with E-state index < -0.39 is 10.9 Å². The number of ether oxygens (including phenoxy) is 1. The number of likely N-dealkylation sites (tertiary alicyclic amines) is 1. The molecule has 4 aliphatic rings. The normalized spacial score (nSPS) is 39.1. The van der Waals surface area contributed by atoms with Crippen LogP contribution in [0.3, 0.4) is 0 Å². The van der Waals surface area contributed by atoms with Gasteiger partial charge in [0.2, 0.25) is 5.91 Å². The second-order valence-electron chi connectivity index (χ2n) is 11.7. The lowest BCUT2D eigenvalue weighted by Gasteiger charge is -2.61. The van der Waals surface area contributed by atoms with Crippen molar-refractivity contribution >= 4 is 17.6 Å². The monoisotopic (exact) mass is 468 g/mol. The largest absolute Gasteiger partial charge is 0.462 e. The number of nitrogens with zero attached hydrogens (tertiary/aromatic N) is 2. The Kier molecular flexibility index (Phi) is 5.72. The highest BCUT2D eigenvalue weighted by Crippen LogP contribution is 2.66. The molecule has 3 aliphatic carbocycles. The summed E-state index contributed by atoms with van der Waals surface area (Å²) >= 11 is 0. The van der Waals surface area contributed by atoms with Crippen LogP contribution in [0.5, 0.6) is 0 Å². The second-order valence-corrected chi connectivity index (χ2v) is 11.7. The molecule has 4 fully saturated rings. The van der Waals surface area contributed by atoms with Gasteiger partial charge in [0, 0.05) is 31.6 Å². The highest BCUT2D eigenvalue weighted by Gasteiger charge is 2.61. The topological polar surface area (TPSA) is 89.8 Å². The first-order chi connectivity index (χ1) is 16.1. The summed E-state index contributed by atoms with van der Waals surface area (Å²) in [4.78, 5) is 37.4. The molecule has 1 amide bonds. The zero-order chi connectivity index (χ0) is 24.3. The van der Waals surface area contributed by atoms with Crippen LogP contribution in [0.15, 0.2) is 24.3 Å².